The Bertz CT molecular complexity index is 551. The van der Waals surface area contributed by atoms with E-state index in [-0.39, 0.29) is 0 Å². The van der Waals surface area contributed by atoms with E-state index in [2.05, 4.69) is 11.9 Å². The molecule has 4 nitrogen and oxygen atoms in total. The van der Waals surface area contributed by atoms with Crippen LogP contribution in [0.25, 0.3) is 11.0 Å². The van der Waals surface area contributed by atoms with Crippen molar-refractivity contribution in [2.75, 3.05) is 11.5 Å². The number of nitrogens with zero attached hydrogens (tertiary/aromatic N) is 2. The molecule has 0 unspecified atom stereocenters. The number of benzene rings is 1. The number of carboxylic acids is 1. The van der Waals surface area contributed by atoms with E-state index in [0.29, 0.717) is 5.56 Å². The van der Waals surface area contributed by atoms with E-state index in [1.165, 1.54) is 0 Å². The lowest BCUT2D eigenvalue weighted by Gasteiger charge is -2.04. The fourth-order valence-corrected chi connectivity index (χ4v) is 2.47. The van der Waals surface area contributed by atoms with Crippen LogP contribution in [0.1, 0.15) is 23.7 Å². The second-order valence-electron chi connectivity index (χ2n) is 4.00. The maximum absolute atomic E-state index is 10.9. The molecular formula is C13H16N2O2S. The highest BCUT2D eigenvalue weighted by atomic mass is 32.2. The van der Waals surface area contributed by atoms with Gasteiger partial charge in [-0.3, -0.25) is 0 Å². The lowest BCUT2D eigenvalue weighted by molar-refractivity contribution is 0.0697. The van der Waals surface area contributed by atoms with Crippen LogP contribution in [0.3, 0.4) is 0 Å². The van der Waals surface area contributed by atoms with Crippen LogP contribution in [0.2, 0.25) is 0 Å². The molecule has 1 N–H and O–H groups in total. The average molecular weight is 264 g/mol. The number of aryl methyl sites for hydroxylation is 1. The van der Waals surface area contributed by atoms with Crippen LogP contribution in [0.4, 0.5) is 0 Å². The van der Waals surface area contributed by atoms with Gasteiger partial charge in [0.15, 0.2) is 0 Å². The van der Waals surface area contributed by atoms with Gasteiger partial charge in [0, 0.05) is 6.54 Å². The number of fused-ring (bicyclic) bond motifs is 1. The summed E-state index contributed by atoms with van der Waals surface area (Å²) in [7, 11) is 0. The van der Waals surface area contributed by atoms with Gasteiger partial charge in [-0.2, -0.15) is 11.8 Å². The highest BCUT2D eigenvalue weighted by Gasteiger charge is 2.07. The fraction of sp³-hybridized carbons (Fsp3) is 0.385. The predicted molar refractivity (Wildman–Crippen MR) is 74.3 cm³/mol. The molecule has 0 spiro atoms. The zero-order chi connectivity index (χ0) is 13.0. The lowest BCUT2D eigenvalue weighted by Crippen LogP contribution is -2.00. The Morgan fingerprint density at radius 2 is 2.33 bits per heavy atom. The molecule has 2 aromatic rings. The second-order valence-corrected chi connectivity index (χ2v) is 5.39. The summed E-state index contributed by atoms with van der Waals surface area (Å²) in [4.78, 5) is 15.2. The van der Waals surface area contributed by atoms with Gasteiger partial charge >= 0.3 is 5.97 Å². The maximum Gasteiger partial charge on any atom is 0.335 e. The molecule has 0 atom stereocenters. The van der Waals surface area contributed by atoms with E-state index in [0.717, 1.165) is 35.5 Å². The van der Waals surface area contributed by atoms with Gasteiger partial charge in [0.1, 0.15) is 0 Å². The average Bonchev–Trinajstić information content (AvgIpc) is 2.77. The molecule has 2 rings (SSSR count). The van der Waals surface area contributed by atoms with Crippen LogP contribution in [0, 0.1) is 0 Å². The zero-order valence-corrected chi connectivity index (χ0v) is 11.1. The third-order valence-corrected chi connectivity index (χ3v) is 3.75. The van der Waals surface area contributed by atoms with Crippen molar-refractivity contribution in [2.24, 2.45) is 0 Å². The van der Waals surface area contributed by atoms with Crippen molar-refractivity contribution in [2.45, 2.75) is 19.9 Å². The minimum atomic E-state index is -0.897. The molecule has 0 aliphatic rings. The molecule has 0 amide bonds. The first-order valence-corrected chi connectivity index (χ1v) is 7.13. The third kappa shape index (κ3) is 2.85. The van der Waals surface area contributed by atoms with Gasteiger partial charge in [-0.05, 0) is 36.1 Å². The van der Waals surface area contributed by atoms with E-state index in [4.69, 9.17) is 5.11 Å². The Morgan fingerprint density at radius 1 is 1.50 bits per heavy atom. The largest absolute Gasteiger partial charge is 0.478 e. The van der Waals surface area contributed by atoms with Crippen molar-refractivity contribution >= 4 is 28.8 Å². The molecule has 0 saturated heterocycles. The monoisotopic (exact) mass is 264 g/mol. The number of carbonyl (C=O) groups is 1. The smallest absolute Gasteiger partial charge is 0.335 e. The summed E-state index contributed by atoms with van der Waals surface area (Å²) in [6.45, 7) is 3.03. The summed E-state index contributed by atoms with van der Waals surface area (Å²) < 4.78 is 2.03. The van der Waals surface area contributed by atoms with Crippen LogP contribution in [0.5, 0.6) is 0 Å². The van der Waals surface area contributed by atoms with Gasteiger partial charge in [0.2, 0.25) is 0 Å². The molecule has 0 aliphatic carbocycles. The molecule has 0 aliphatic heterocycles. The summed E-state index contributed by atoms with van der Waals surface area (Å²) in [6.07, 6.45) is 2.86. The molecule has 1 aromatic carbocycles. The molecule has 96 valence electrons. The Morgan fingerprint density at radius 3 is 3.06 bits per heavy atom. The molecule has 0 fully saturated rings. The van der Waals surface area contributed by atoms with Crippen molar-refractivity contribution in [1.82, 2.24) is 9.55 Å². The van der Waals surface area contributed by atoms with E-state index in [1.54, 1.807) is 24.5 Å². The zero-order valence-electron chi connectivity index (χ0n) is 10.3. The minimum Gasteiger partial charge on any atom is -0.478 e. The van der Waals surface area contributed by atoms with Crippen molar-refractivity contribution in [3.63, 3.8) is 0 Å². The molecule has 0 saturated carbocycles. The van der Waals surface area contributed by atoms with Crippen molar-refractivity contribution in [3.8, 4) is 0 Å². The SMILES string of the molecule is CCSCCCn1cnc2ccc(C(=O)O)cc21. The summed E-state index contributed by atoms with van der Waals surface area (Å²) in [5.74, 6) is 1.36. The lowest BCUT2D eigenvalue weighted by atomic mass is 10.2. The molecule has 1 heterocycles. The molecule has 18 heavy (non-hydrogen) atoms. The molecular weight excluding hydrogens is 248 g/mol. The first kappa shape index (κ1) is 13.0. The standard InChI is InChI=1S/C13H16N2O2S/c1-2-18-7-3-6-15-9-14-11-5-4-10(13(16)17)8-12(11)15/h4-5,8-9H,2-3,6-7H2,1H3,(H,16,17). The van der Waals surface area contributed by atoms with E-state index in [1.807, 2.05) is 16.3 Å². The highest BCUT2D eigenvalue weighted by molar-refractivity contribution is 7.99. The maximum atomic E-state index is 10.9. The van der Waals surface area contributed by atoms with Gasteiger partial charge in [-0.25, -0.2) is 9.78 Å². The number of hydrogen-bond acceptors (Lipinski definition) is 3. The second kappa shape index (κ2) is 5.91. The van der Waals surface area contributed by atoms with Crippen LogP contribution < -0.4 is 0 Å². The Balaban J connectivity index is 2.17. The molecule has 5 heteroatoms. The third-order valence-electron chi connectivity index (χ3n) is 2.76. The predicted octanol–water partition coefficient (Wildman–Crippen LogP) is 2.88. The normalized spacial score (nSPS) is 10.9. The molecule has 0 bridgehead atoms. The number of hydrogen-bond donors (Lipinski definition) is 1. The topological polar surface area (TPSA) is 55.1 Å². The molecule has 0 radical (unpaired) electrons. The van der Waals surface area contributed by atoms with Crippen LogP contribution >= 0.6 is 11.8 Å². The van der Waals surface area contributed by atoms with E-state index in [9.17, 15) is 4.79 Å². The van der Waals surface area contributed by atoms with Crippen LogP contribution in [0.15, 0.2) is 24.5 Å². The van der Waals surface area contributed by atoms with E-state index >= 15 is 0 Å². The van der Waals surface area contributed by atoms with Crippen molar-refractivity contribution < 1.29 is 9.90 Å². The number of rotatable bonds is 6. The summed E-state index contributed by atoms with van der Waals surface area (Å²) >= 11 is 1.92. The van der Waals surface area contributed by atoms with Gasteiger partial charge in [0.25, 0.3) is 0 Å². The first-order valence-electron chi connectivity index (χ1n) is 5.98. The quantitative estimate of drug-likeness (QED) is 0.815. The fourth-order valence-electron chi connectivity index (χ4n) is 1.85. The van der Waals surface area contributed by atoms with Crippen molar-refractivity contribution in [1.29, 1.82) is 0 Å². The molecule has 1 aromatic heterocycles. The summed E-state index contributed by atoms with van der Waals surface area (Å²) in [5.41, 5.74) is 2.06. The summed E-state index contributed by atoms with van der Waals surface area (Å²) in [5, 5.41) is 8.99. The van der Waals surface area contributed by atoms with E-state index < -0.39 is 5.97 Å². The minimum absolute atomic E-state index is 0.312. The highest BCUT2D eigenvalue weighted by Crippen LogP contribution is 2.16. The Labute approximate surface area is 110 Å². The van der Waals surface area contributed by atoms with Crippen LogP contribution in [-0.4, -0.2) is 32.1 Å². The first-order chi connectivity index (χ1) is 8.72. The van der Waals surface area contributed by atoms with Gasteiger partial charge < -0.3 is 9.67 Å². The van der Waals surface area contributed by atoms with Gasteiger partial charge in [-0.15, -0.1) is 0 Å². The summed E-state index contributed by atoms with van der Waals surface area (Å²) in [6, 6.07) is 5.04. The number of aromatic carboxylic acids is 1. The Hall–Kier alpha value is -1.49. The number of thioether (sulfide) groups is 1. The Kier molecular flexibility index (Phi) is 4.25. The van der Waals surface area contributed by atoms with Gasteiger partial charge in [0.05, 0.1) is 22.9 Å². The van der Waals surface area contributed by atoms with Crippen molar-refractivity contribution in [3.05, 3.63) is 30.1 Å². The number of imidazole rings is 1. The number of carboxylic acid groups (broad SMARTS) is 1. The van der Waals surface area contributed by atoms with Crippen LogP contribution in [-0.2, 0) is 6.54 Å². The van der Waals surface area contributed by atoms with Gasteiger partial charge in [-0.1, -0.05) is 6.92 Å². The number of aromatic nitrogens is 2.